The second kappa shape index (κ2) is 13.0. The second-order valence-electron chi connectivity index (χ2n) is 9.55. The van der Waals surface area contributed by atoms with Gasteiger partial charge in [0, 0.05) is 12.6 Å². The first-order valence-corrected chi connectivity index (χ1v) is 14.3. The van der Waals surface area contributed by atoms with Gasteiger partial charge in [0.1, 0.15) is 30.3 Å². The maximum Gasteiger partial charge on any atom is 0.459 e. The molecule has 0 spiro atoms. The maximum absolute atomic E-state index is 15.7. The van der Waals surface area contributed by atoms with Crippen molar-refractivity contribution in [3.63, 3.8) is 0 Å². The molecule has 0 amide bonds. The summed E-state index contributed by atoms with van der Waals surface area (Å²) in [4.78, 5) is 28.4. The minimum atomic E-state index is -4.32. The van der Waals surface area contributed by atoms with E-state index in [1.54, 1.807) is 42.5 Å². The van der Waals surface area contributed by atoms with Crippen LogP contribution in [0.3, 0.4) is 0 Å². The lowest BCUT2D eigenvalue weighted by atomic mass is 10.1. The maximum atomic E-state index is 15.7. The van der Waals surface area contributed by atoms with Crippen molar-refractivity contribution in [2.45, 2.75) is 49.9 Å². The highest BCUT2D eigenvalue weighted by atomic mass is 31.2. The van der Waals surface area contributed by atoms with Crippen LogP contribution in [0.15, 0.2) is 77.7 Å². The van der Waals surface area contributed by atoms with E-state index in [9.17, 15) is 19.3 Å². The highest BCUT2D eigenvalue weighted by Gasteiger charge is 2.64. The van der Waals surface area contributed by atoms with Crippen molar-refractivity contribution in [3.05, 3.63) is 89.0 Å². The van der Waals surface area contributed by atoms with E-state index < -0.39 is 56.0 Å². The number of aliphatic hydroxyl groups excluding tert-OH is 1. The topological polar surface area (TPSA) is 164 Å². The summed E-state index contributed by atoms with van der Waals surface area (Å²) in [6, 6.07) is 16.3. The van der Waals surface area contributed by atoms with Gasteiger partial charge >= 0.3 is 19.4 Å². The molecule has 0 saturated heterocycles. The third-order valence-corrected chi connectivity index (χ3v) is 8.18. The smallest absolute Gasteiger partial charge is 0.459 e. The molecule has 41 heavy (non-hydrogen) atoms. The number of hydrogen-bond donors (Lipinski definition) is 3. The molecule has 4 N–H and O–H groups in total. The number of anilines is 1. The first-order chi connectivity index (χ1) is 19.5. The highest BCUT2D eigenvalue weighted by molar-refractivity contribution is 7.52. The molecule has 1 aliphatic carbocycles. The summed E-state index contributed by atoms with van der Waals surface area (Å²) < 4.78 is 52.2. The molecule has 1 saturated carbocycles. The summed E-state index contributed by atoms with van der Waals surface area (Å²) >= 11 is 0. The van der Waals surface area contributed by atoms with E-state index in [1.165, 1.54) is 39.4 Å². The number of nitrogen functional groups attached to an aromatic ring is 1. The van der Waals surface area contributed by atoms with Gasteiger partial charge in [0.05, 0.1) is 18.8 Å². The lowest BCUT2D eigenvalue weighted by Gasteiger charge is -2.28. The van der Waals surface area contributed by atoms with Crippen molar-refractivity contribution in [2.75, 3.05) is 12.3 Å². The Kier molecular flexibility index (Phi) is 9.62. The van der Waals surface area contributed by atoms with Gasteiger partial charge in [0.25, 0.3) is 8.05 Å². The molecule has 4 rings (SSSR count). The van der Waals surface area contributed by atoms with E-state index in [0.717, 1.165) is 10.1 Å². The first-order valence-electron chi connectivity index (χ1n) is 12.8. The zero-order chi connectivity index (χ0) is 29.6. The largest absolute Gasteiger partial charge is 0.460 e. The SMILES string of the molecule is BOC(CO[P@@](=O)(N[C@@H](C)C(=O)OCc1ccccc1)Oc1ccccc1)C(O)[C@@]1(F)CC1n1ccc(N)nc1=O. The Morgan fingerprint density at radius 3 is 2.54 bits per heavy atom. The van der Waals surface area contributed by atoms with Crippen molar-refractivity contribution in [1.29, 1.82) is 0 Å². The first kappa shape index (κ1) is 30.4. The van der Waals surface area contributed by atoms with Gasteiger partial charge < -0.3 is 24.8 Å². The Labute approximate surface area is 236 Å². The number of nitrogens with one attached hydrogen (secondary N) is 1. The van der Waals surface area contributed by atoms with Crippen LogP contribution in [0.5, 0.6) is 5.75 Å². The average Bonchev–Trinajstić information content (AvgIpc) is 3.64. The van der Waals surface area contributed by atoms with Crippen LogP contribution < -0.4 is 21.0 Å². The van der Waals surface area contributed by atoms with Gasteiger partial charge in [-0.05, 0) is 30.7 Å². The molecule has 1 heterocycles. The number of ether oxygens (including phenoxy) is 1. The third kappa shape index (κ3) is 7.60. The number of benzene rings is 2. The molecule has 2 aromatic carbocycles. The molecule has 1 aliphatic rings. The number of alkyl halides is 1. The number of esters is 1. The number of nitrogens with zero attached hydrogens (tertiary/aromatic N) is 2. The van der Waals surface area contributed by atoms with E-state index in [1.807, 2.05) is 6.07 Å². The molecular weight excluding hydrogens is 557 g/mol. The number of halogens is 1. The number of rotatable bonds is 14. The van der Waals surface area contributed by atoms with Crippen LogP contribution in [0, 0.1) is 0 Å². The van der Waals surface area contributed by atoms with Gasteiger partial charge in [-0.3, -0.25) is 13.9 Å². The standard InChI is InChI=1S/C26H31BFN4O8P/c1-17(24(34)37-15-18-8-4-2-5-9-18)31-41(36,40-19-10-6-3-7-11-19)38-16-20(39-27)23(33)26(28)14-21(26)32-13-12-22(29)30-25(32)35/h2-13,17,20-21,23,33H,14-16,27H2,1H3,(H,31,36)(H2,29,30,35)/t17-,20?,21?,23?,26+,41-/m0/s1. The molecule has 15 heteroatoms. The highest BCUT2D eigenvalue weighted by Crippen LogP contribution is 2.54. The Morgan fingerprint density at radius 1 is 1.24 bits per heavy atom. The quantitative estimate of drug-likeness (QED) is 0.143. The fraction of sp³-hybridized carbons (Fsp3) is 0.346. The van der Waals surface area contributed by atoms with E-state index >= 15 is 4.39 Å². The van der Waals surface area contributed by atoms with Crippen LogP contribution in [-0.4, -0.2) is 59.2 Å². The molecule has 12 nitrogen and oxygen atoms in total. The fourth-order valence-corrected chi connectivity index (χ4v) is 5.67. The van der Waals surface area contributed by atoms with E-state index in [-0.39, 0.29) is 24.6 Å². The molecule has 218 valence electrons. The van der Waals surface area contributed by atoms with Crippen molar-refractivity contribution >= 4 is 27.6 Å². The average molecular weight is 588 g/mol. The predicted molar refractivity (Wildman–Crippen MR) is 149 cm³/mol. The molecule has 0 radical (unpaired) electrons. The lowest BCUT2D eigenvalue weighted by Crippen LogP contribution is -2.43. The summed E-state index contributed by atoms with van der Waals surface area (Å²) in [6.45, 7) is 0.832. The zero-order valence-corrected chi connectivity index (χ0v) is 23.4. The van der Waals surface area contributed by atoms with E-state index in [0.29, 0.717) is 0 Å². The summed E-state index contributed by atoms with van der Waals surface area (Å²) in [6.07, 6.45) is -2.00. The number of nitrogens with two attached hydrogens (primary N) is 1. The van der Waals surface area contributed by atoms with Crippen molar-refractivity contribution < 1.29 is 37.3 Å². The van der Waals surface area contributed by atoms with Gasteiger partial charge in [-0.25, -0.2) is 13.8 Å². The number of aliphatic hydroxyl groups is 1. The minimum Gasteiger partial charge on any atom is -0.460 e. The van der Waals surface area contributed by atoms with Crippen molar-refractivity contribution in [1.82, 2.24) is 14.6 Å². The van der Waals surface area contributed by atoms with Gasteiger partial charge in [-0.15, -0.1) is 0 Å². The number of para-hydroxylation sites is 1. The fourth-order valence-electron chi connectivity index (χ4n) is 4.17. The van der Waals surface area contributed by atoms with Crippen LogP contribution in [-0.2, 0) is 29.9 Å². The molecule has 6 atom stereocenters. The van der Waals surface area contributed by atoms with Crippen molar-refractivity contribution in [2.24, 2.45) is 0 Å². The Morgan fingerprint density at radius 2 is 1.90 bits per heavy atom. The molecule has 3 unspecified atom stereocenters. The molecule has 1 fully saturated rings. The zero-order valence-electron chi connectivity index (χ0n) is 22.5. The minimum absolute atomic E-state index is 0.000693. The number of carbonyl (C=O) groups excluding carboxylic acids is 1. The van der Waals surface area contributed by atoms with Crippen LogP contribution in [0.4, 0.5) is 10.2 Å². The van der Waals surface area contributed by atoms with Crippen LogP contribution in [0.2, 0.25) is 0 Å². The molecule has 3 aromatic rings. The lowest BCUT2D eigenvalue weighted by molar-refractivity contribution is -0.146. The monoisotopic (exact) mass is 588 g/mol. The van der Waals surface area contributed by atoms with Crippen molar-refractivity contribution in [3.8, 4) is 5.75 Å². The van der Waals surface area contributed by atoms with Crippen LogP contribution >= 0.6 is 7.75 Å². The Balaban J connectivity index is 1.44. The molecular formula is C26H31BFN4O8P. The Bertz CT molecular complexity index is 1440. The van der Waals surface area contributed by atoms with Gasteiger partial charge in [-0.2, -0.15) is 10.1 Å². The van der Waals surface area contributed by atoms with E-state index in [2.05, 4.69) is 10.1 Å². The second-order valence-corrected chi connectivity index (χ2v) is 11.2. The Hall–Kier alpha value is -3.55. The normalized spacial score (nSPS) is 21.7. The summed E-state index contributed by atoms with van der Waals surface area (Å²) in [5.41, 5.74) is 3.25. The summed E-state index contributed by atoms with van der Waals surface area (Å²) in [5.74, 6) is -0.564. The number of hydrogen-bond acceptors (Lipinski definition) is 10. The number of aromatic nitrogens is 2. The van der Waals surface area contributed by atoms with Crippen LogP contribution in [0.25, 0.3) is 0 Å². The molecule has 0 aliphatic heterocycles. The molecule has 1 aromatic heterocycles. The van der Waals surface area contributed by atoms with Gasteiger partial charge in [0.2, 0.25) is 0 Å². The predicted octanol–water partition coefficient (Wildman–Crippen LogP) is 1.70. The third-order valence-electron chi connectivity index (χ3n) is 6.54. The van der Waals surface area contributed by atoms with Gasteiger partial charge in [0.15, 0.2) is 5.67 Å². The van der Waals surface area contributed by atoms with Gasteiger partial charge in [-0.1, -0.05) is 48.5 Å². The summed E-state index contributed by atoms with van der Waals surface area (Å²) in [5, 5.41) is 13.4. The van der Waals surface area contributed by atoms with E-state index in [4.69, 9.17) is 24.2 Å². The summed E-state index contributed by atoms with van der Waals surface area (Å²) in [7, 11) is -3.10. The van der Waals surface area contributed by atoms with Crippen LogP contribution in [0.1, 0.15) is 24.9 Å². The number of carbonyl (C=O) groups is 1. The molecule has 0 bridgehead atoms.